The van der Waals surface area contributed by atoms with Crippen molar-refractivity contribution < 1.29 is 49.0 Å². The summed E-state index contributed by atoms with van der Waals surface area (Å²) in [7, 11) is 0. The summed E-state index contributed by atoms with van der Waals surface area (Å²) in [6, 6.07) is 2.24. The average Bonchev–Trinajstić information content (AvgIpc) is 2.65. The van der Waals surface area contributed by atoms with Crippen molar-refractivity contribution in [3.05, 3.63) is 33.9 Å². The summed E-state index contributed by atoms with van der Waals surface area (Å²) in [6.45, 7) is 1.96. The van der Waals surface area contributed by atoms with Gasteiger partial charge in [0.25, 0.3) is 0 Å². The highest BCUT2D eigenvalue weighted by atomic mass is 16.7. The minimum atomic E-state index is -1.64. The van der Waals surface area contributed by atoms with Crippen LogP contribution in [0.15, 0.2) is 21.3 Å². The topological polar surface area (TPSA) is 176 Å². The summed E-state index contributed by atoms with van der Waals surface area (Å²) in [5, 5.41) is 50.0. The number of carbonyl (C=O) groups is 1. The summed E-state index contributed by atoms with van der Waals surface area (Å²) in [6.07, 6.45) is -7.36. The highest BCUT2D eigenvalue weighted by molar-refractivity contribution is 5.91. The Morgan fingerprint density at radius 3 is 2.50 bits per heavy atom. The second kappa shape index (κ2) is 8.58. The van der Waals surface area contributed by atoms with Crippen molar-refractivity contribution in [2.24, 2.45) is 0 Å². The second-order valence-corrected chi connectivity index (χ2v) is 6.94. The molecule has 5 unspecified atom stereocenters. The zero-order valence-electron chi connectivity index (χ0n) is 16.1. The molecular formula is C19H22O11. The number of carbonyl (C=O) groups excluding carboxylic acids is 1. The number of aliphatic hydroxyl groups is 3. The molecule has 2 aromatic rings. The van der Waals surface area contributed by atoms with Gasteiger partial charge in [0.1, 0.15) is 53.7 Å². The maximum absolute atomic E-state index is 12.1. The molecular weight excluding hydrogens is 404 g/mol. The Bertz CT molecular complexity index is 998. The molecule has 30 heavy (non-hydrogen) atoms. The summed E-state index contributed by atoms with van der Waals surface area (Å²) < 4.78 is 20.9. The molecule has 1 aliphatic heterocycles. The number of aromatic hydroxyl groups is 2. The van der Waals surface area contributed by atoms with E-state index in [1.54, 1.807) is 0 Å². The van der Waals surface area contributed by atoms with Crippen molar-refractivity contribution in [2.45, 2.75) is 51.2 Å². The van der Waals surface area contributed by atoms with Crippen LogP contribution < -0.4 is 5.63 Å². The molecule has 1 fully saturated rings. The van der Waals surface area contributed by atoms with Crippen molar-refractivity contribution in [3.8, 4) is 11.5 Å². The van der Waals surface area contributed by atoms with Crippen LogP contribution in [0.2, 0.25) is 0 Å². The van der Waals surface area contributed by atoms with E-state index in [0.717, 1.165) is 13.0 Å². The SMILES string of the molecule is CC(=O)OCC1OC(OCc2c(C)oc(=O)c3c(O)cc(O)cc23)C(O)C(O)C1O. The number of phenols is 2. The lowest BCUT2D eigenvalue weighted by atomic mass is 9.99. The van der Waals surface area contributed by atoms with Crippen LogP contribution in [0.4, 0.5) is 0 Å². The van der Waals surface area contributed by atoms with Crippen LogP contribution in [0.25, 0.3) is 10.8 Å². The Hall–Kier alpha value is -2.70. The number of aryl methyl sites for hydroxylation is 1. The molecule has 0 bridgehead atoms. The molecule has 0 spiro atoms. The molecule has 1 aliphatic rings. The largest absolute Gasteiger partial charge is 0.508 e. The molecule has 2 heterocycles. The van der Waals surface area contributed by atoms with Crippen molar-refractivity contribution >= 4 is 16.7 Å². The molecule has 0 aliphatic carbocycles. The predicted molar refractivity (Wildman–Crippen MR) is 98.7 cm³/mol. The van der Waals surface area contributed by atoms with Gasteiger partial charge in [0.15, 0.2) is 6.29 Å². The molecule has 1 aromatic carbocycles. The molecule has 11 heteroatoms. The zero-order valence-corrected chi connectivity index (χ0v) is 16.1. The molecule has 1 aromatic heterocycles. The van der Waals surface area contributed by atoms with E-state index in [-0.39, 0.29) is 41.1 Å². The number of benzene rings is 1. The van der Waals surface area contributed by atoms with Crippen molar-refractivity contribution in [1.29, 1.82) is 0 Å². The highest BCUT2D eigenvalue weighted by Crippen LogP contribution is 2.32. The fourth-order valence-corrected chi connectivity index (χ4v) is 3.24. The quantitative estimate of drug-likeness (QED) is 0.386. The molecule has 1 saturated heterocycles. The number of rotatable bonds is 5. The lowest BCUT2D eigenvalue weighted by Gasteiger charge is -2.39. The lowest BCUT2D eigenvalue weighted by molar-refractivity contribution is -0.304. The first-order valence-electron chi connectivity index (χ1n) is 9.03. The van der Waals surface area contributed by atoms with Crippen LogP contribution in [0.5, 0.6) is 11.5 Å². The Balaban J connectivity index is 1.86. The van der Waals surface area contributed by atoms with E-state index >= 15 is 0 Å². The van der Waals surface area contributed by atoms with Crippen LogP contribution in [-0.4, -0.2) is 68.8 Å². The van der Waals surface area contributed by atoms with Gasteiger partial charge >= 0.3 is 11.6 Å². The van der Waals surface area contributed by atoms with Gasteiger partial charge in [-0.3, -0.25) is 4.79 Å². The first kappa shape index (κ1) is 22.0. The number of phenolic OH excluding ortho intramolecular Hbond substituents is 2. The predicted octanol–water partition coefficient (Wildman–Crippen LogP) is -0.600. The molecule has 11 nitrogen and oxygen atoms in total. The fraction of sp³-hybridized carbons (Fsp3) is 0.474. The van der Waals surface area contributed by atoms with Gasteiger partial charge in [0.05, 0.1) is 6.61 Å². The Kier molecular flexibility index (Phi) is 6.29. The van der Waals surface area contributed by atoms with Gasteiger partial charge < -0.3 is 44.2 Å². The molecule has 164 valence electrons. The Morgan fingerprint density at radius 1 is 1.13 bits per heavy atom. The fourth-order valence-electron chi connectivity index (χ4n) is 3.24. The van der Waals surface area contributed by atoms with E-state index in [2.05, 4.69) is 0 Å². The van der Waals surface area contributed by atoms with Crippen LogP contribution >= 0.6 is 0 Å². The molecule has 5 atom stereocenters. The maximum Gasteiger partial charge on any atom is 0.347 e. The van der Waals surface area contributed by atoms with Gasteiger partial charge in [-0.15, -0.1) is 0 Å². The van der Waals surface area contributed by atoms with Crippen LogP contribution in [0, 0.1) is 6.92 Å². The summed E-state index contributed by atoms with van der Waals surface area (Å²) in [4.78, 5) is 23.1. The minimum absolute atomic E-state index is 0.139. The monoisotopic (exact) mass is 426 g/mol. The zero-order chi connectivity index (χ0) is 22.2. The van der Waals surface area contributed by atoms with E-state index in [4.69, 9.17) is 18.6 Å². The lowest BCUT2D eigenvalue weighted by Crippen LogP contribution is -2.59. The van der Waals surface area contributed by atoms with Gasteiger partial charge in [0, 0.05) is 23.9 Å². The Labute approximate surface area is 169 Å². The van der Waals surface area contributed by atoms with Crippen molar-refractivity contribution in [1.82, 2.24) is 0 Å². The molecule has 0 saturated carbocycles. The summed E-state index contributed by atoms with van der Waals surface area (Å²) in [5.74, 6) is -1.25. The molecule has 0 amide bonds. The highest BCUT2D eigenvalue weighted by Gasteiger charge is 2.44. The third-order valence-electron chi connectivity index (χ3n) is 4.81. The molecule has 0 radical (unpaired) electrons. The summed E-state index contributed by atoms with van der Waals surface area (Å²) in [5.41, 5.74) is -0.526. The first-order valence-corrected chi connectivity index (χ1v) is 9.03. The van der Waals surface area contributed by atoms with Gasteiger partial charge in [-0.1, -0.05) is 0 Å². The first-order chi connectivity index (χ1) is 14.1. The van der Waals surface area contributed by atoms with Crippen molar-refractivity contribution in [2.75, 3.05) is 6.61 Å². The minimum Gasteiger partial charge on any atom is -0.508 e. The van der Waals surface area contributed by atoms with E-state index < -0.39 is 48.1 Å². The number of esters is 1. The summed E-state index contributed by atoms with van der Waals surface area (Å²) >= 11 is 0. The van der Waals surface area contributed by atoms with E-state index in [0.29, 0.717) is 0 Å². The van der Waals surface area contributed by atoms with Crippen LogP contribution in [0.3, 0.4) is 0 Å². The Morgan fingerprint density at radius 2 is 1.83 bits per heavy atom. The van der Waals surface area contributed by atoms with Gasteiger partial charge in [0.2, 0.25) is 0 Å². The third-order valence-corrected chi connectivity index (χ3v) is 4.81. The average molecular weight is 426 g/mol. The van der Waals surface area contributed by atoms with Gasteiger partial charge in [-0.05, 0) is 13.0 Å². The van der Waals surface area contributed by atoms with Crippen LogP contribution in [-0.2, 0) is 25.6 Å². The van der Waals surface area contributed by atoms with Crippen molar-refractivity contribution in [3.63, 3.8) is 0 Å². The standard InChI is InChI=1S/C19H22O11/c1-7-11(10-3-9(21)4-12(22)14(10)18(26)29-7)5-28-19-17(25)16(24)15(23)13(30-19)6-27-8(2)20/h3-4,13,15-17,19,21-25H,5-6H2,1-2H3. The number of fused-ring (bicyclic) bond motifs is 1. The third kappa shape index (κ3) is 4.25. The van der Waals surface area contributed by atoms with E-state index in [9.17, 15) is 35.1 Å². The number of hydrogen-bond acceptors (Lipinski definition) is 11. The smallest absolute Gasteiger partial charge is 0.347 e. The molecule has 3 rings (SSSR count). The van der Waals surface area contributed by atoms with Gasteiger partial charge in [-0.2, -0.15) is 0 Å². The maximum atomic E-state index is 12.1. The van der Waals surface area contributed by atoms with Gasteiger partial charge in [-0.25, -0.2) is 4.79 Å². The van der Waals surface area contributed by atoms with E-state index in [1.165, 1.54) is 13.0 Å². The normalized spacial score (nSPS) is 26.6. The number of ether oxygens (including phenoxy) is 3. The second-order valence-electron chi connectivity index (χ2n) is 6.94. The molecule has 5 N–H and O–H groups in total. The van der Waals surface area contributed by atoms with E-state index in [1.807, 2.05) is 0 Å². The number of aliphatic hydroxyl groups excluding tert-OH is 3. The van der Waals surface area contributed by atoms with Crippen LogP contribution in [0.1, 0.15) is 18.2 Å². The number of hydrogen-bond donors (Lipinski definition) is 5.